The van der Waals surface area contributed by atoms with Crippen LogP contribution in [0.3, 0.4) is 0 Å². The number of carbonyl (C=O) groups excluding carboxylic acids is 2. The number of nitrogen functional groups attached to an aromatic ring is 1. The standard InChI is InChI=1S/C14H17ClN2O3/c15-12-5-4-10(16)8-11(12)14(19)20-9-13(18)17-6-2-1-3-7-17/h4-5,8H,1-3,6-7,9,16H2. The van der Waals surface area contributed by atoms with E-state index in [0.29, 0.717) is 5.69 Å². The predicted octanol–water partition coefficient (Wildman–Crippen LogP) is 2.09. The number of esters is 1. The molecule has 6 heteroatoms. The molecule has 2 N–H and O–H groups in total. The molecular formula is C14H17ClN2O3. The van der Waals surface area contributed by atoms with Crippen LogP contribution in [0.2, 0.25) is 5.02 Å². The highest BCUT2D eigenvalue weighted by Gasteiger charge is 2.19. The van der Waals surface area contributed by atoms with Gasteiger partial charge in [0.05, 0.1) is 10.6 Å². The minimum Gasteiger partial charge on any atom is -0.452 e. The number of halogens is 1. The molecule has 0 atom stereocenters. The van der Waals surface area contributed by atoms with E-state index in [2.05, 4.69) is 0 Å². The lowest BCUT2D eigenvalue weighted by Gasteiger charge is -2.26. The molecule has 0 unspecified atom stereocenters. The number of ether oxygens (including phenoxy) is 1. The zero-order valence-electron chi connectivity index (χ0n) is 11.1. The Morgan fingerprint density at radius 1 is 1.25 bits per heavy atom. The molecule has 108 valence electrons. The van der Waals surface area contributed by atoms with E-state index in [1.807, 2.05) is 0 Å². The molecule has 0 radical (unpaired) electrons. The summed E-state index contributed by atoms with van der Waals surface area (Å²) in [5.41, 5.74) is 6.20. The van der Waals surface area contributed by atoms with Gasteiger partial charge in [-0.25, -0.2) is 4.79 Å². The van der Waals surface area contributed by atoms with E-state index in [1.165, 1.54) is 12.1 Å². The van der Waals surface area contributed by atoms with Crippen LogP contribution in [0.15, 0.2) is 18.2 Å². The highest BCUT2D eigenvalue weighted by molar-refractivity contribution is 6.33. The molecule has 2 rings (SSSR count). The van der Waals surface area contributed by atoms with Crippen LogP contribution in [-0.4, -0.2) is 36.5 Å². The Labute approximate surface area is 122 Å². The number of carbonyl (C=O) groups is 2. The van der Waals surface area contributed by atoms with Crippen LogP contribution in [0.5, 0.6) is 0 Å². The molecule has 0 saturated carbocycles. The highest BCUT2D eigenvalue weighted by atomic mass is 35.5. The minimum atomic E-state index is -0.632. The van der Waals surface area contributed by atoms with Crippen LogP contribution in [0.4, 0.5) is 5.69 Å². The molecule has 1 fully saturated rings. The van der Waals surface area contributed by atoms with Crippen molar-refractivity contribution in [2.75, 3.05) is 25.4 Å². The Morgan fingerprint density at radius 3 is 2.65 bits per heavy atom. The van der Waals surface area contributed by atoms with Gasteiger partial charge in [0, 0.05) is 18.8 Å². The van der Waals surface area contributed by atoms with Crippen molar-refractivity contribution in [3.05, 3.63) is 28.8 Å². The molecule has 20 heavy (non-hydrogen) atoms. The van der Waals surface area contributed by atoms with Gasteiger partial charge in [-0.15, -0.1) is 0 Å². The summed E-state index contributed by atoms with van der Waals surface area (Å²) in [5.74, 6) is -0.800. The van der Waals surface area contributed by atoms with Gasteiger partial charge in [-0.2, -0.15) is 0 Å². The van der Waals surface area contributed by atoms with E-state index in [4.69, 9.17) is 22.1 Å². The number of hydrogen-bond acceptors (Lipinski definition) is 4. The van der Waals surface area contributed by atoms with Gasteiger partial charge in [0.25, 0.3) is 5.91 Å². The monoisotopic (exact) mass is 296 g/mol. The number of amides is 1. The fraction of sp³-hybridized carbons (Fsp3) is 0.429. The summed E-state index contributed by atoms with van der Waals surface area (Å²) in [4.78, 5) is 25.5. The van der Waals surface area contributed by atoms with E-state index < -0.39 is 5.97 Å². The molecule has 1 aliphatic heterocycles. The van der Waals surface area contributed by atoms with Crippen LogP contribution in [-0.2, 0) is 9.53 Å². The molecule has 0 bridgehead atoms. The van der Waals surface area contributed by atoms with Gasteiger partial charge in [-0.3, -0.25) is 4.79 Å². The third-order valence-electron chi connectivity index (χ3n) is 3.25. The van der Waals surface area contributed by atoms with Gasteiger partial charge >= 0.3 is 5.97 Å². The first-order valence-electron chi connectivity index (χ1n) is 6.58. The molecule has 1 aliphatic rings. The molecular weight excluding hydrogens is 280 g/mol. The molecule has 0 spiro atoms. The number of anilines is 1. The van der Waals surface area contributed by atoms with E-state index in [9.17, 15) is 9.59 Å². The van der Waals surface area contributed by atoms with E-state index in [1.54, 1.807) is 11.0 Å². The normalized spacial score (nSPS) is 14.9. The molecule has 1 amide bonds. The van der Waals surface area contributed by atoms with Gasteiger partial charge in [0.2, 0.25) is 0 Å². The second kappa shape index (κ2) is 6.61. The first kappa shape index (κ1) is 14.7. The van der Waals surface area contributed by atoms with E-state index in [0.717, 1.165) is 32.4 Å². The molecule has 0 aromatic heterocycles. The van der Waals surface area contributed by atoms with Crippen molar-refractivity contribution >= 4 is 29.2 Å². The summed E-state index contributed by atoms with van der Waals surface area (Å²) >= 11 is 5.90. The molecule has 5 nitrogen and oxygen atoms in total. The summed E-state index contributed by atoms with van der Waals surface area (Å²) in [7, 11) is 0. The Balaban J connectivity index is 1.91. The molecule has 1 aromatic carbocycles. The van der Waals surface area contributed by atoms with Crippen molar-refractivity contribution in [1.82, 2.24) is 4.90 Å². The Hall–Kier alpha value is -1.75. The Bertz CT molecular complexity index is 513. The fourth-order valence-electron chi connectivity index (χ4n) is 2.14. The van der Waals surface area contributed by atoms with Crippen LogP contribution >= 0.6 is 11.6 Å². The number of hydrogen-bond donors (Lipinski definition) is 1. The van der Waals surface area contributed by atoms with Crippen molar-refractivity contribution in [3.8, 4) is 0 Å². The lowest BCUT2D eigenvalue weighted by Crippen LogP contribution is -2.38. The maximum Gasteiger partial charge on any atom is 0.340 e. The fourth-order valence-corrected chi connectivity index (χ4v) is 2.33. The van der Waals surface area contributed by atoms with Crippen molar-refractivity contribution in [1.29, 1.82) is 0 Å². The highest BCUT2D eigenvalue weighted by Crippen LogP contribution is 2.19. The second-order valence-electron chi connectivity index (χ2n) is 4.76. The lowest BCUT2D eigenvalue weighted by atomic mass is 10.1. The molecule has 0 aliphatic carbocycles. The van der Waals surface area contributed by atoms with Gasteiger partial charge in [-0.05, 0) is 37.5 Å². The summed E-state index contributed by atoms with van der Waals surface area (Å²) in [6, 6.07) is 4.56. The van der Waals surface area contributed by atoms with E-state index in [-0.39, 0.29) is 23.1 Å². The third kappa shape index (κ3) is 3.63. The molecule has 1 heterocycles. The topological polar surface area (TPSA) is 72.6 Å². The summed E-state index contributed by atoms with van der Waals surface area (Å²) < 4.78 is 5.01. The minimum absolute atomic E-state index is 0.168. The second-order valence-corrected chi connectivity index (χ2v) is 5.16. The van der Waals surface area contributed by atoms with Gasteiger partial charge < -0.3 is 15.4 Å². The van der Waals surface area contributed by atoms with Crippen LogP contribution < -0.4 is 5.73 Å². The molecule has 1 saturated heterocycles. The van der Waals surface area contributed by atoms with Crippen molar-refractivity contribution in [2.24, 2.45) is 0 Å². The smallest absolute Gasteiger partial charge is 0.340 e. The number of nitrogens with two attached hydrogens (primary N) is 1. The Kier molecular flexibility index (Phi) is 4.84. The number of benzene rings is 1. The zero-order valence-corrected chi connectivity index (χ0v) is 11.9. The van der Waals surface area contributed by atoms with Crippen molar-refractivity contribution in [3.63, 3.8) is 0 Å². The predicted molar refractivity (Wildman–Crippen MR) is 76.6 cm³/mol. The maximum absolute atomic E-state index is 11.9. The summed E-state index contributed by atoms with van der Waals surface area (Å²) in [5, 5.41) is 0.259. The maximum atomic E-state index is 11.9. The van der Waals surface area contributed by atoms with Gasteiger partial charge in [0.15, 0.2) is 6.61 Å². The number of piperidine rings is 1. The van der Waals surface area contributed by atoms with Crippen molar-refractivity contribution < 1.29 is 14.3 Å². The lowest BCUT2D eigenvalue weighted by molar-refractivity contribution is -0.135. The SMILES string of the molecule is Nc1ccc(Cl)c(C(=O)OCC(=O)N2CCCCC2)c1. The third-order valence-corrected chi connectivity index (χ3v) is 3.58. The van der Waals surface area contributed by atoms with Gasteiger partial charge in [-0.1, -0.05) is 11.6 Å². The average Bonchev–Trinajstić information content (AvgIpc) is 2.47. The number of likely N-dealkylation sites (tertiary alicyclic amines) is 1. The zero-order chi connectivity index (χ0) is 14.5. The van der Waals surface area contributed by atoms with Crippen LogP contribution in [0.1, 0.15) is 29.6 Å². The van der Waals surface area contributed by atoms with E-state index >= 15 is 0 Å². The van der Waals surface area contributed by atoms with Crippen LogP contribution in [0, 0.1) is 0 Å². The first-order chi connectivity index (χ1) is 9.58. The average molecular weight is 297 g/mol. The quantitative estimate of drug-likeness (QED) is 0.685. The molecule has 1 aromatic rings. The summed E-state index contributed by atoms with van der Waals surface area (Å²) in [6.07, 6.45) is 3.14. The summed E-state index contributed by atoms with van der Waals surface area (Å²) in [6.45, 7) is 1.20. The number of rotatable bonds is 3. The first-order valence-corrected chi connectivity index (χ1v) is 6.95. The number of nitrogens with zero attached hydrogens (tertiary/aromatic N) is 1. The van der Waals surface area contributed by atoms with Crippen LogP contribution in [0.25, 0.3) is 0 Å². The van der Waals surface area contributed by atoms with Gasteiger partial charge in [0.1, 0.15) is 0 Å². The largest absolute Gasteiger partial charge is 0.452 e. The van der Waals surface area contributed by atoms with Crippen molar-refractivity contribution in [2.45, 2.75) is 19.3 Å². The Morgan fingerprint density at radius 2 is 1.95 bits per heavy atom.